The lowest BCUT2D eigenvalue weighted by atomic mass is 10.0. The number of H-pyrrole nitrogens is 1. The van der Waals surface area contributed by atoms with Crippen LogP contribution < -0.4 is 0 Å². The third-order valence-corrected chi connectivity index (χ3v) is 6.41. The van der Waals surface area contributed by atoms with Crippen LogP contribution in [-0.2, 0) is 11.2 Å². The SMILES string of the molecule is O=C(c1ncc(C2CC2)[nH]1)[C@@H]1CCCN1C(=O)CCc1ccc(-c2ccccc2)cc1. The third kappa shape index (κ3) is 4.31. The molecule has 0 bridgehead atoms. The van der Waals surface area contributed by atoms with Crippen molar-refractivity contribution in [3.8, 4) is 11.1 Å². The van der Waals surface area contributed by atoms with E-state index in [2.05, 4.69) is 46.4 Å². The van der Waals surface area contributed by atoms with Crippen LogP contribution in [0.15, 0.2) is 60.8 Å². The number of likely N-dealkylation sites (tertiary alicyclic amines) is 1. The summed E-state index contributed by atoms with van der Waals surface area (Å²) in [7, 11) is 0. The fraction of sp³-hybridized carbons (Fsp3) is 0.346. The molecule has 2 aliphatic rings. The van der Waals surface area contributed by atoms with Gasteiger partial charge >= 0.3 is 0 Å². The molecule has 2 aromatic carbocycles. The van der Waals surface area contributed by atoms with E-state index in [1.165, 1.54) is 11.1 Å². The molecular formula is C26H27N3O2. The van der Waals surface area contributed by atoms with Crippen LogP contribution in [0.25, 0.3) is 11.1 Å². The number of aryl methyl sites for hydroxylation is 1. The van der Waals surface area contributed by atoms with Crippen LogP contribution in [-0.4, -0.2) is 39.1 Å². The Kier molecular flexibility index (Phi) is 5.41. The van der Waals surface area contributed by atoms with Gasteiger partial charge in [-0.2, -0.15) is 0 Å². The van der Waals surface area contributed by atoms with E-state index in [0.29, 0.717) is 31.1 Å². The summed E-state index contributed by atoms with van der Waals surface area (Å²) in [4.78, 5) is 35.1. The van der Waals surface area contributed by atoms with Crippen LogP contribution in [0, 0.1) is 0 Å². The lowest BCUT2D eigenvalue weighted by Gasteiger charge is -2.23. The molecule has 1 aromatic heterocycles. The predicted octanol–water partition coefficient (Wildman–Crippen LogP) is 4.76. The molecule has 1 aliphatic carbocycles. The number of nitrogens with one attached hydrogen (secondary N) is 1. The van der Waals surface area contributed by atoms with E-state index in [1.54, 1.807) is 11.1 Å². The Bertz CT molecular complexity index is 1070. The Morgan fingerprint density at radius 2 is 1.71 bits per heavy atom. The van der Waals surface area contributed by atoms with Crippen molar-refractivity contribution < 1.29 is 9.59 Å². The average molecular weight is 414 g/mol. The van der Waals surface area contributed by atoms with E-state index in [9.17, 15) is 9.59 Å². The molecule has 5 heteroatoms. The summed E-state index contributed by atoms with van der Waals surface area (Å²) in [6, 6.07) is 18.3. The van der Waals surface area contributed by atoms with Crippen molar-refractivity contribution in [3.05, 3.63) is 77.9 Å². The molecule has 1 atom stereocenters. The van der Waals surface area contributed by atoms with Crippen molar-refractivity contribution in [1.29, 1.82) is 0 Å². The van der Waals surface area contributed by atoms with Crippen molar-refractivity contribution in [2.24, 2.45) is 0 Å². The van der Waals surface area contributed by atoms with E-state index < -0.39 is 0 Å². The highest BCUT2D eigenvalue weighted by Gasteiger charge is 2.36. The quantitative estimate of drug-likeness (QED) is 0.568. The van der Waals surface area contributed by atoms with E-state index in [4.69, 9.17) is 0 Å². The van der Waals surface area contributed by atoms with Crippen LogP contribution in [0.3, 0.4) is 0 Å². The van der Waals surface area contributed by atoms with Crippen molar-refractivity contribution >= 4 is 11.7 Å². The number of benzene rings is 2. The van der Waals surface area contributed by atoms with Crippen molar-refractivity contribution in [1.82, 2.24) is 14.9 Å². The Balaban J connectivity index is 1.20. The standard InChI is InChI=1S/C26H27N3O2/c30-24(15-10-18-8-11-20(12-9-18)19-5-2-1-3-6-19)29-16-4-7-23(29)25(31)26-27-17-22(28-26)21-13-14-21/h1-3,5-6,8-9,11-12,17,21,23H,4,7,10,13-16H2,(H,27,28)/t23-/m0/s1. The Morgan fingerprint density at radius 3 is 2.45 bits per heavy atom. The zero-order valence-electron chi connectivity index (χ0n) is 17.6. The van der Waals surface area contributed by atoms with Gasteiger partial charge in [0.1, 0.15) is 0 Å². The summed E-state index contributed by atoms with van der Waals surface area (Å²) in [5.74, 6) is 0.939. The molecule has 1 saturated carbocycles. The first-order valence-electron chi connectivity index (χ1n) is 11.2. The number of nitrogens with zero attached hydrogens (tertiary/aromatic N) is 2. The molecule has 2 fully saturated rings. The van der Waals surface area contributed by atoms with Gasteiger partial charge in [-0.3, -0.25) is 9.59 Å². The minimum atomic E-state index is -0.383. The van der Waals surface area contributed by atoms with Crippen LogP contribution in [0.4, 0.5) is 0 Å². The second kappa shape index (κ2) is 8.50. The summed E-state index contributed by atoms with van der Waals surface area (Å²) in [5.41, 5.74) is 4.55. The summed E-state index contributed by atoms with van der Waals surface area (Å²) in [6.45, 7) is 0.651. The van der Waals surface area contributed by atoms with E-state index in [1.807, 2.05) is 18.2 Å². The van der Waals surface area contributed by atoms with Crippen molar-refractivity contribution in [2.75, 3.05) is 6.54 Å². The van der Waals surface area contributed by atoms with Gasteiger partial charge in [0.15, 0.2) is 5.82 Å². The Morgan fingerprint density at radius 1 is 0.968 bits per heavy atom. The third-order valence-electron chi connectivity index (χ3n) is 6.41. The number of aromatic amines is 1. The Hall–Kier alpha value is -3.21. The molecule has 0 unspecified atom stereocenters. The van der Waals surface area contributed by atoms with Crippen LogP contribution in [0.2, 0.25) is 0 Å². The molecule has 0 spiro atoms. The van der Waals surface area contributed by atoms with Gasteiger partial charge in [0.2, 0.25) is 11.7 Å². The number of rotatable bonds is 7. The monoisotopic (exact) mass is 413 g/mol. The molecule has 3 aromatic rings. The molecule has 5 rings (SSSR count). The summed E-state index contributed by atoms with van der Waals surface area (Å²) in [5, 5.41) is 0. The van der Waals surface area contributed by atoms with Gasteiger partial charge in [-0.25, -0.2) is 4.98 Å². The number of carbonyl (C=O) groups excluding carboxylic acids is 2. The average Bonchev–Trinajstić information content (AvgIpc) is 3.34. The largest absolute Gasteiger partial charge is 0.339 e. The van der Waals surface area contributed by atoms with Gasteiger partial charge in [0.05, 0.1) is 6.04 Å². The zero-order valence-corrected chi connectivity index (χ0v) is 17.6. The first-order valence-corrected chi connectivity index (χ1v) is 11.2. The highest BCUT2D eigenvalue weighted by Crippen LogP contribution is 2.39. The molecule has 158 valence electrons. The number of amides is 1. The first kappa shape index (κ1) is 19.7. The second-order valence-electron chi connectivity index (χ2n) is 8.63. The maximum Gasteiger partial charge on any atom is 0.223 e. The predicted molar refractivity (Wildman–Crippen MR) is 120 cm³/mol. The highest BCUT2D eigenvalue weighted by molar-refractivity contribution is 5.99. The van der Waals surface area contributed by atoms with E-state index >= 15 is 0 Å². The number of Topliss-reactive ketones (excluding diaryl/α,β-unsaturated/α-hetero) is 1. The smallest absolute Gasteiger partial charge is 0.223 e. The fourth-order valence-corrected chi connectivity index (χ4v) is 4.45. The molecular weight excluding hydrogens is 386 g/mol. The number of hydrogen-bond acceptors (Lipinski definition) is 3. The lowest BCUT2D eigenvalue weighted by molar-refractivity contribution is -0.131. The highest BCUT2D eigenvalue weighted by atomic mass is 16.2. The fourth-order valence-electron chi connectivity index (χ4n) is 4.45. The van der Waals surface area contributed by atoms with Gasteiger partial charge in [0, 0.05) is 30.8 Å². The molecule has 0 radical (unpaired) electrons. The van der Waals surface area contributed by atoms with Crippen molar-refractivity contribution in [2.45, 2.75) is 50.5 Å². The molecule has 1 saturated heterocycles. The molecule has 2 heterocycles. The topological polar surface area (TPSA) is 66.1 Å². The van der Waals surface area contributed by atoms with E-state index in [-0.39, 0.29) is 17.7 Å². The number of aromatic nitrogens is 2. The summed E-state index contributed by atoms with van der Waals surface area (Å²) < 4.78 is 0. The molecule has 1 aliphatic heterocycles. The van der Waals surface area contributed by atoms with Crippen LogP contribution >= 0.6 is 0 Å². The Labute approximate surface area is 182 Å². The lowest BCUT2D eigenvalue weighted by Crippen LogP contribution is -2.41. The van der Waals surface area contributed by atoms with Gasteiger partial charge in [0.25, 0.3) is 0 Å². The van der Waals surface area contributed by atoms with Crippen LogP contribution in [0.5, 0.6) is 0 Å². The number of hydrogen-bond donors (Lipinski definition) is 1. The maximum absolute atomic E-state index is 13.0. The zero-order chi connectivity index (χ0) is 21.2. The number of imidazole rings is 1. The maximum atomic E-state index is 13.0. The summed E-state index contributed by atoms with van der Waals surface area (Å²) >= 11 is 0. The number of carbonyl (C=O) groups is 2. The number of ketones is 1. The van der Waals surface area contributed by atoms with Gasteiger partial charge in [-0.05, 0) is 48.8 Å². The van der Waals surface area contributed by atoms with Crippen LogP contribution in [0.1, 0.15) is 59.9 Å². The summed E-state index contributed by atoms with van der Waals surface area (Å²) in [6.07, 6.45) is 6.79. The molecule has 31 heavy (non-hydrogen) atoms. The minimum Gasteiger partial charge on any atom is -0.339 e. The van der Waals surface area contributed by atoms with Gasteiger partial charge < -0.3 is 9.88 Å². The normalized spacial score (nSPS) is 18.3. The first-order chi connectivity index (χ1) is 15.2. The molecule has 1 N–H and O–H groups in total. The molecule has 5 nitrogen and oxygen atoms in total. The molecule has 1 amide bonds. The second-order valence-corrected chi connectivity index (χ2v) is 8.63. The van der Waals surface area contributed by atoms with Gasteiger partial charge in [-0.15, -0.1) is 0 Å². The van der Waals surface area contributed by atoms with Gasteiger partial charge in [-0.1, -0.05) is 54.6 Å². The van der Waals surface area contributed by atoms with E-state index in [0.717, 1.165) is 36.9 Å². The minimum absolute atomic E-state index is 0.0510. The van der Waals surface area contributed by atoms with Crippen molar-refractivity contribution in [3.63, 3.8) is 0 Å².